The number of phenolic OH excluding ortho intramolecular Hbond substituents is 1. The van der Waals surface area contributed by atoms with Crippen molar-refractivity contribution in [3.63, 3.8) is 0 Å². The summed E-state index contributed by atoms with van der Waals surface area (Å²) in [7, 11) is 1.72. The van der Waals surface area contributed by atoms with Gasteiger partial charge in [0, 0.05) is 7.05 Å². The highest BCUT2D eigenvalue weighted by atomic mass is 16.3. The number of hydrogen-bond acceptors (Lipinski definition) is 3. The molecule has 1 aromatic heterocycles. The molecule has 1 amide bonds. The summed E-state index contributed by atoms with van der Waals surface area (Å²) >= 11 is 0. The first-order valence-corrected chi connectivity index (χ1v) is 8.09. The van der Waals surface area contributed by atoms with Gasteiger partial charge in [0.05, 0.1) is 23.5 Å². The summed E-state index contributed by atoms with van der Waals surface area (Å²) in [5, 5.41) is 19.2. The van der Waals surface area contributed by atoms with E-state index in [1.54, 1.807) is 24.1 Å². The number of carbonyl (C=O) groups is 1. The molecule has 1 heterocycles. The van der Waals surface area contributed by atoms with Crippen molar-refractivity contribution in [2.45, 2.75) is 26.3 Å². The first kappa shape index (κ1) is 16.1. The van der Waals surface area contributed by atoms with Crippen LogP contribution >= 0.6 is 0 Å². The molecule has 0 aliphatic carbocycles. The number of aromatic amines is 1. The Morgan fingerprint density at radius 1 is 1.21 bits per heavy atom. The van der Waals surface area contributed by atoms with Gasteiger partial charge in [-0.1, -0.05) is 37.6 Å². The second kappa shape index (κ2) is 6.74. The molecule has 5 nitrogen and oxygen atoms in total. The molecular weight excluding hydrogens is 302 g/mol. The Labute approximate surface area is 140 Å². The molecule has 0 saturated carbocycles. The summed E-state index contributed by atoms with van der Waals surface area (Å²) in [5.41, 5.74) is 2.20. The van der Waals surface area contributed by atoms with E-state index in [1.807, 2.05) is 30.3 Å². The van der Waals surface area contributed by atoms with Crippen molar-refractivity contribution in [3.05, 3.63) is 59.4 Å². The molecular formula is C19H21N3O2. The standard InChI is InChI=1S/C19H21N3O2/c1-3-6-15-11-16(21-20-15)12-22(2)19(24)17-9-13-7-4-5-8-14(13)10-18(17)23/h4-5,7-11,23H,3,6,12H2,1-2H3,(H,20,21). The number of H-pyrrole nitrogens is 1. The number of phenols is 1. The second-order valence-electron chi connectivity index (χ2n) is 6.01. The summed E-state index contributed by atoms with van der Waals surface area (Å²) in [6.45, 7) is 2.52. The second-order valence-corrected chi connectivity index (χ2v) is 6.01. The molecule has 0 bridgehead atoms. The largest absolute Gasteiger partial charge is 0.507 e. The lowest BCUT2D eigenvalue weighted by Gasteiger charge is -2.17. The minimum Gasteiger partial charge on any atom is -0.507 e. The van der Waals surface area contributed by atoms with Crippen molar-refractivity contribution in [2.75, 3.05) is 7.05 Å². The molecule has 0 radical (unpaired) electrons. The van der Waals surface area contributed by atoms with Gasteiger partial charge in [-0.3, -0.25) is 9.89 Å². The van der Waals surface area contributed by atoms with Crippen molar-refractivity contribution in [2.24, 2.45) is 0 Å². The minimum atomic E-state index is -0.218. The Morgan fingerprint density at radius 3 is 2.62 bits per heavy atom. The number of fused-ring (bicyclic) bond motifs is 1. The molecule has 0 aliphatic heterocycles. The molecule has 0 atom stereocenters. The van der Waals surface area contributed by atoms with Crippen molar-refractivity contribution < 1.29 is 9.90 Å². The molecule has 0 spiro atoms. The van der Waals surface area contributed by atoms with Crippen LogP contribution in [0.4, 0.5) is 0 Å². The van der Waals surface area contributed by atoms with Gasteiger partial charge in [-0.15, -0.1) is 0 Å². The fraction of sp³-hybridized carbons (Fsp3) is 0.263. The van der Waals surface area contributed by atoms with E-state index in [1.165, 1.54) is 0 Å². The number of hydrogen-bond donors (Lipinski definition) is 2. The van der Waals surface area contributed by atoms with Gasteiger partial charge >= 0.3 is 0 Å². The molecule has 0 aliphatic rings. The molecule has 0 fully saturated rings. The zero-order valence-corrected chi connectivity index (χ0v) is 13.9. The van der Waals surface area contributed by atoms with Crippen molar-refractivity contribution in [1.82, 2.24) is 15.1 Å². The summed E-state index contributed by atoms with van der Waals surface area (Å²) < 4.78 is 0. The average molecular weight is 323 g/mol. The fourth-order valence-corrected chi connectivity index (χ4v) is 2.81. The number of nitrogens with one attached hydrogen (secondary N) is 1. The van der Waals surface area contributed by atoms with Gasteiger partial charge in [-0.2, -0.15) is 5.10 Å². The number of benzene rings is 2. The molecule has 3 rings (SSSR count). The van der Waals surface area contributed by atoms with E-state index in [0.717, 1.165) is 35.0 Å². The highest BCUT2D eigenvalue weighted by molar-refractivity contribution is 6.01. The smallest absolute Gasteiger partial charge is 0.257 e. The fourth-order valence-electron chi connectivity index (χ4n) is 2.81. The molecule has 3 aromatic rings. The third kappa shape index (κ3) is 3.25. The Kier molecular flexibility index (Phi) is 4.51. The molecule has 0 unspecified atom stereocenters. The van der Waals surface area contributed by atoms with Crippen LogP contribution in [0.25, 0.3) is 10.8 Å². The number of carbonyl (C=O) groups excluding carboxylic acids is 1. The predicted octanol–water partition coefficient (Wildman–Crippen LogP) is 3.49. The third-order valence-corrected chi connectivity index (χ3v) is 4.04. The van der Waals surface area contributed by atoms with E-state index in [-0.39, 0.29) is 11.7 Å². The predicted molar refractivity (Wildman–Crippen MR) is 94.0 cm³/mol. The van der Waals surface area contributed by atoms with Crippen LogP contribution in [0.15, 0.2) is 42.5 Å². The van der Waals surface area contributed by atoms with Gasteiger partial charge < -0.3 is 10.0 Å². The van der Waals surface area contributed by atoms with Crippen LogP contribution in [0.1, 0.15) is 35.1 Å². The van der Waals surface area contributed by atoms with E-state index >= 15 is 0 Å². The number of nitrogens with zero attached hydrogens (tertiary/aromatic N) is 2. The monoisotopic (exact) mass is 323 g/mol. The zero-order chi connectivity index (χ0) is 17.1. The van der Waals surface area contributed by atoms with Gasteiger partial charge in [-0.05, 0) is 35.4 Å². The van der Waals surface area contributed by atoms with Gasteiger partial charge in [0.15, 0.2) is 0 Å². The molecule has 2 N–H and O–H groups in total. The van der Waals surface area contributed by atoms with Crippen LogP contribution in [-0.4, -0.2) is 33.2 Å². The number of aryl methyl sites for hydroxylation is 1. The molecule has 124 valence electrons. The van der Waals surface area contributed by atoms with E-state index in [2.05, 4.69) is 17.1 Å². The summed E-state index contributed by atoms with van der Waals surface area (Å²) in [4.78, 5) is 14.3. The third-order valence-electron chi connectivity index (χ3n) is 4.04. The number of rotatable bonds is 5. The zero-order valence-electron chi connectivity index (χ0n) is 13.9. The van der Waals surface area contributed by atoms with Crippen molar-refractivity contribution >= 4 is 16.7 Å². The summed E-state index contributed by atoms with van der Waals surface area (Å²) in [5.74, 6) is -0.216. The van der Waals surface area contributed by atoms with E-state index < -0.39 is 0 Å². The molecule has 5 heteroatoms. The Hall–Kier alpha value is -2.82. The lowest BCUT2D eigenvalue weighted by molar-refractivity contribution is 0.0780. The quantitative estimate of drug-likeness (QED) is 0.755. The van der Waals surface area contributed by atoms with Crippen LogP contribution < -0.4 is 0 Å². The maximum Gasteiger partial charge on any atom is 0.257 e. The van der Waals surface area contributed by atoms with Crippen LogP contribution in [0.5, 0.6) is 5.75 Å². The molecule has 2 aromatic carbocycles. The summed E-state index contributed by atoms with van der Waals surface area (Å²) in [6.07, 6.45) is 1.95. The number of amides is 1. The van der Waals surface area contributed by atoms with Crippen molar-refractivity contribution in [3.8, 4) is 5.75 Å². The van der Waals surface area contributed by atoms with Gasteiger partial charge in [0.1, 0.15) is 5.75 Å². The number of aromatic hydroxyl groups is 1. The first-order valence-electron chi connectivity index (χ1n) is 8.09. The first-order chi connectivity index (χ1) is 11.6. The van der Waals surface area contributed by atoms with Crippen LogP contribution in [0, 0.1) is 0 Å². The molecule has 0 saturated heterocycles. The topological polar surface area (TPSA) is 69.2 Å². The Morgan fingerprint density at radius 2 is 1.92 bits per heavy atom. The van der Waals surface area contributed by atoms with E-state index in [9.17, 15) is 9.90 Å². The number of aromatic nitrogens is 2. The van der Waals surface area contributed by atoms with Crippen LogP contribution in [0.3, 0.4) is 0 Å². The minimum absolute atomic E-state index is 0.00170. The van der Waals surface area contributed by atoms with Crippen LogP contribution in [-0.2, 0) is 13.0 Å². The van der Waals surface area contributed by atoms with Crippen molar-refractivity contribution in [1.29, 1.82) is 0 Å². The summed E-state index contributed by atoms with van der Waals surface area (Å²) in [6, 6.07) is 13.0. The maximum absolute atomic E-state index is 12.7. The maximum atomic E-state index is 12.7. The highest BCUT2D eigenvalue weighted by Crippen LogP contribution is 2.26. The van der Waals surface area contributed by atoms with Gasteiger partial charge in [-0.25, -0.2) is 0 Å². The lowest BCUT2D eigenvalue weighted by Crippen LogP contribution is -2.26. The van der Waals surface area contributed by atoms with Gasteiger partial charge in [0.2, 0.25) is 0 Å². The van der Waals surface area contributed by atoms with Gasteiger partial charge in [0.25, 0.3) is 5.91 Å². The van der Waals surface area contributed by atoms with E-state index in [4.69, 9.17) is 0 Å². The highest BCUT2D eigenvalue weighted by Gasteiger charge is 2.17. The van der Waals surface area contributed by atoms with Crippen LogP contribution in [0.2, 0.25) is 0 Å². The average Bonchev–Trinajstić information content (AvgIpc) is 3.01. The normalized spacial score (nSPS) is 10.9. The lowest BCUT2D eigenvalue weighted by atomic mass is 10.0. The Bertz CT molecular complexity index is 870. The SMILES string of the molecule is CCCc1cc(CN(C)C(=O)c2cc3ccccc3cc2O)[nH]n1. The molecule has 24 heavy (non-hydrogen) atoms. The Balaban J connectivity index is 1.80. The van der Waals surface area contributed by atoms with E-state index in [0.29, 0.717) is 12.1 Å².